The molecule has 3 rings (SSSR count). The van der Waals surface area contributed by atoms with Crippen molar-refractivity contribution >= 4 is 6.09 Å². The molecule has 1 unspecified atom stereocenters. The molecule has 0 N–H and O–H groups in total. The molecule has 0 radical (unpaired) electrons. The third kappa shape index (κ3) is 4.24. The van der Waals surface area contributed by atoms with E-state index in [2.05, 4.69) is 0 Å². The summed E-state index contributed by atoms with van der Waals surface area (Å²) in [6.07, 6.45) is 0.319. The van der Waals surface area contributed by atoms with Gasteiger partial charge in [0.25, 0.3) is 0 Å². The van der Waals surface area contributed by atoms with E-state index in [0.29, 0.717) is 42.6 Å². The largest absolute Gasteiger partial charge is 0.497 e. The van der Waals surface area contributed by atoms with Gasteiger partial charge in [-0.05, 0) is 41.8 Å². The van der Waals surface area contributed by atoms with Gasteiger partial charge in [0.15, 0.2) is 11.5 Å². The van der Waals surface area contributed by atoms with Gasteiger partial charge < -0.3 is 23.7 Å². The van der Waals surface area contributed by atoms with Crippen LogP contribution in [-0.2, 0) is 17.7 Å². The lowest BCUT2D eigenvalue weighted by atomic mass is 10.0. The van der Waals surface area contributed by atoms with Crippen LogP contribution >= 0.6 is 0 Å². The first kappa shape index (κ1) is 19.7. The minimum absolute atomic E-state index is 0.0807. The number of carbonyl (C=O) groups excluding carboxylic acids is 1. The third-order valence-corrected chi connectivity index (χ3v) is 4.76. The van der Waals surface area contributed by atoms with Crippen molar-refractivity contribution in [2.45, 2.75) is 19.0 Å². The summed E-state index contributed by atoms with van der Waals surface area (Å²) in [5.74, 6) is 2.69. The van der Waals surface area contributed by atoms with Crippen molar-refractivity contribution in [3.63, 3.8) is 0 Å². The molecular formula is C21H25NO6. The lowest BCUT2D eigenvalue weighted by Gasteiger charge is -2.22. The Bertz CT molecular complexity index is 815. The molecule has 1 heterocycles. The second kappa shape index (κ2) is 8.73. The highest BCUT2D eigenvalue weighted by atomic mass is 16.6. The van der Waals surface area contributed by atoms with Crippen LogP contribution in [0.2, 0.25) is 0 Å². The molecular weight excluding hydrogens is 362 g/mol. The number of carbonyl (C=O) groups is 1. The monoisotopic (exact) mass is 387 g/mol. The average molecular weight is 387 g/mol. The molecule has 1 atom stereocenters. The van der Waals surface area contributed by atoms with Gasteiger partial charge in [-0.25, -0.2) is 4.79 Å². The van der Waals surface area contributed by atoms with Crippen molar-refractivity contribution in [2.75, 3.05) is 35.0 Å². The van der Waals surface area contributed by atoms with E-state index in [-0.39, 0.29) is 12.1 Å². The first-order chi connectivity index (χ1) is 13.6. The maximum atomic E-state index is 12.3. The fourth-order valence-corrected chi connectivity index (χ4v) is 3.29. The zero-order valence-electron chi connectivity index (χ0n) is 16.6. The second-order valence-corrected chi connectivity index (χ2v) is 6.47. The number of ether oxygens (including phenoxy) is 5. The number of cyclic esters (lactones) is 1. The molecule has 1 amide bonds. The summed E-state index contributed by atoms with van der Waals surface area (Å²) in [7, 11) is 6.41. The summed E-state index contributed by atoms with van der Waals surface area (Å²) in [4.78, 5) is 14.0. The van der Waals surface area contributed by atoms with Crippen LogP contribution < -0.4 is 18.9 Å². The van der Waals surface area contributed by atoms with Crippen LogP contribution in [0.1, 0.15) is 11.1 Å². The van der Waals surface area contributed by atoms with E-state index in [1.54, 1.807) is 39.4 Å². The highest BCUT2D eigenvalue weighted by Gasteiger charge is 2.33. The molecule has 7 heteroatoms. The Kier molecular flexibility index (Phi) is 6.13. The van der Waals surface area contributed by atoms with Crippen LogP contribution in [-0.4, -0.2) is 52.1 Å². The van der Waals surface area contributed by atoms with Crippen molar-refractivity contribution in [3.8, 4) is 23.0 Å². The normalized spacial score (nSPS) is 15.9. The van der Waals surface area contributed by atoms with E-state index in [4.69, 9.17) is 23.7 Å². The first-order valence-corrected chi connectivity index (χ1v) is 8.94. The zero-order chi connectivity index (χ0) is 20.1. The van der Waals surface area contributed by atoms with Gasteiger partial charge in [0.05, 0.1) is 34.5 Å². The minimum atomic E-state index is -0.327. The summed E-state index contributed by atoms with van der Waals surface area (Å²) >= 11 is 0. The van der Waals surface area contributed by atoms with E-state index in [1.165, 1.54) is 0 Å². The zero-order valence-corrected chi connectivity index (χ0v) is 16.6. The molecule has 150 valence electrons. The topological polar surface area (TPSA) is 66.5 Å². The van der Waals surface area contributed by atoms with E-state index >= 15 is 0 Å². The Hall–Kier alpha value is -3.09. The highest BCUT2D eigenvalue weighted by Crippen LogP contribution is 2.30. The first-order valence-electron chi connectivity index (χ1n) is 8.94. The van der Waals surface area contributed by atoms with Gasteiger partial charge in [0, 0.05) is 12.6 Å². The molecule has 0 saturated carbocycles. The second-order valence-electron chi connectivity index (χ2n) is 6.47. The van der Waals surface area contributed by atoms with Gasteiger partial charge in [0.1, 0.15) is 18.1 Å². The van der Waals surface area contributed by atoms with Crippen LogP contribution in [0.25, 0.3) is 0 Å². The number of amides is 1. The molecule has 0 aliphatic carbocycles. The van der Waals surface area contributed by atoms with Gasteiger partial charge in [-0.15, -0.1) is 0 Å². The Morgan fingerprint density at radius 1 is 0.893 bits per heavy atom. The van der Waals surface area contributed by atoms with Crippen LogP contribution in [0.4, 0.5) is 4.79 Å². The molecule has 1 aliphatic heterocycles. The quantitative estimate of drug-likeness (QED) is 0.693. The fourth-order valence-electron chi connectivity index (χ4n) is 3.29. The Balaban J connectivity index is 1.78. The molecule has 1 aliphatic rings. The van der Waals surface area contributed by atoms with Crippen LogP contribution in [0.5, 0.6) is 23.0 Å². The Labute approximate surface area is 164 Å². The number of methoxy groups -OCH3 is 4. The summed E-state index contributed by atoms with van der Waals surface area (Å²) in [5.41, 5.74) is 1.95. The maximum Gasteiger partial charge on any atom is 0.410 e. The predicted octanol–water partition coefficient (Wildman–Crippen LogP) is 3.28. The highest BCUT2D eigenvalue weighted by molar-refractivity contribution is 5.70. The van der Waals surface area contributed by atoms with Crippen molar-refractivity contribution < 1.29 is 28.5 Å². The van der Waals surface area contributed by atoms with Crippen molar-refractivity contribution in [3.05, 3.63) is 47.5 Å². The summed E-state index contributed by atoms with van der Waals surface area (Å²) in [6, 6.07) is 11.3. The van der Waals surface area contributed by atoms with Crippen molar-refractivity contribution in [1.82, 2.24) is 4.90 Å². The molecule has 1 saturated heterocycles. The number of hydrogen-bond donors (Lipinski definition) is 0. The molecule has 0 bridgehead atoms. The van der Waals surface area contributed by atoms with Gasteiger partial charge in [-0.2, -0.15) is 0 Å². The van der Waals surface area contributed by atoms with Crippen LogP contribution in [0.15, 0.2) is 36.4 Å². The van der Waals surface area contributed by atoms with E-state index < -0.39 is 0 Å². The van der Waals surface area contributed by atoms with E-state index in [0.717, 1.165) is 11.1 Å². The molecule has 7 nitrogen and oxygen atoms in total. The van der Waals surface area contributed by atoms with Gasteiger partial charge >= 0.3 is 6.09 Å². The van der Waals surface area contributed by atoms with E-state index in [9.17, 15) is 4.79 Å². The standard InChI is InChI=1S/C21H25NO6/c1-24-17-8-15(9-18(11-17)25-2)12-22-16(13-28-21(22)23)7-14-5-6-19(26-3)20(10-14)27-4/h5-6,8-11,16H,7,12-13H2,1-4H3. The molecule has 2 aromatic rings. The number of hydrogen-bond acceptors (Lipinski definition) is 6. The minimum Gasteiger partial charge on any atom is -0.497 e. The predicted molar refractivity (Wildman–Crippen MR) is 103 cm³/mol. The van der Waals surface area contributed by atoms with Crippen LogP contribution in [0, 0.1) is 0 Å². The fraction of sp³-hybridized carbons (Fsp3) is 0.381. The third-order valence-electron chi connectivity index (χ3n) is 4.76. The SMILES string of the molecule is COc1cc(CN2C(=O)OCC2Cc2ccc(OC)c(OC)c2)cc(OC)c1. The summed E-state index contributed by atoms with van der Waals surface area (Å²) in [6.45, 7) is 0.749. The molecule has 0 aromatic heterocycles. The average Bonchev–Trinajstić information content (AvgIpc) is 3.06. The number of rotatable bonds is 8. The molecule has 2 aromatic carbocycles. The lowest BCUT2D eigenvalue weighted by molar-refractivity contribution is 0.156. The number of benzene rings is 2. The molecule has 0 spiro atoms. The summed E-state index contributed by atoms with van der Waals surface area (Å²) < 4.78 is 26.6. The van der Waals surface area contributed by atoms with E-state index in [1.807, 2.05) is 30.3 Å². The van der Waals surface area contributed by atoms with Crippen LogP contribution in [0.3, 0.4) is 0 Å². The molecule has 28 heavy (non-hydrogen) atoms. The van der Waals surface area contributed by atoms with Crippen molar-refractivity contribution in [1.29, 1.82) is 0 Å². The summed E-state index contributed by atoms with van der Waals surface area (Å²) in [5, 5.41) is 0. The van der Waals surface area contributed by atoms with Gasteiger partial charge in [-0.3, -0.25) is 4.90 Å². The lowest BCUT2D eigenvalue weighted by Crippen LogP contribution is -2.34. The smallest absolute Gasteiger partial charge is 0.410 e. The number of nitrogens with zero attached hydrogens (tertiary/aromatic N) is 1. The Morgan fingerprint density at radius 2 is 1.57 bits per heavy atom. The van der Waals surface area contributed by atoms with Crippen molar-refractivity contribution in [2.24, 2.45) is 0 Å². The molecule has 1 fully saturated rings. The maximum absolute atomic E-state index is 12.3. The van der Waals surface area contributed by atoms with Gasteiger partial charge in [0.2, 0.25) is 0 Å². The van der Waals surface area contributed by atoms with Gasteiger partial charge in [-0.1, -0.05) is 6.07 Å². The Morgan fingerprint density at radius 3 is 2.18 bits per heavy atom.